The van der Waals surface area contributed by atoms with Crippen molar-refractivity contribution in [2.75, 3.05) is 5.73 Å². The van der Waals surface area contributed by atoms with E-state index in [4.69, 9.17) is 5.73 Å². The zero-order chi connectivity index (χ0) is 11.4. The molecular formula is C12H13N3S. The first kappa shape index (κ1) is 11.0. The number of aryl methyl sites for hydroxylation is 1. The molecule has 0 radical (unpaired) electrons. The number of aromatic nitrogens is 2. The molecule has 0 bridgehead atoms. The first-order chi connectivity index (χ1) is 7.74. The number of rotatable bonds is 3. The van der Waals surface area contributed by atoms with E-state index in [9.17, 15) is 0 Å². The third-order valence-corrected chi connectivity index (χ3v) is 3.15. The summed E-state index contributed by atoms with van der Waals surface area (Å²) in [6.45, 7) is 2.05. The van der Waals surface area contributed by atoms with E-state index < -0.39 is 0 Å². The SMILES string of the molecule is Cc1cncc(CSc2ccc(N)nc2)c1. The molecule has 0 saturated heterocycles. The molecule has 4 heteroatoms. The Labute approximate surface area is 99.1 Å². The molecule has 2 N–H and O–H groups in total. The summed E-state index contributed by atoms with van der Waals surface area (Å²) < 4.78 is 0. The number of thioether (sulfide) groups is 1. The van der Waals surface area contributed by atoms with Crippen LogP contribution in [0.15, 0.2) is 41.7 Å². The summed E-state index contributed by atoms with van der Waals surface area (Å²) in [5, 5.41) is 0. The molecule has 3 nitrogen and oxygen atoms in total. The standard InChI is InChI=1S/C12H13N3S/c1-9-4-10(6-14-5-9)8-16-11-2-3-12(13)15-7-11/h2-7H,8H2,1H3,(H2,13,15). The molecule has 0 fully saturated rings. The van der Waals surface area contributed by atoms with Crippen LogP contribution in [-0.4, -0.2) is 9.97 Å². The van der Waals surface area contributed by atoms with Gasteiger partial charge in [-0.05, 0) is 30.2 Å². The Morgan fingerprint density at radius 1 is 1.25 bits per heavy atom. The minimum Gasteiger partial charge on any atom is -0.384 e. The molecule has 2 aromatic rings. The maximum atomic E-state index is 5.52. The molecule has 82 valence electrons. The molecule has 0 aliphatic rings. The maximum Gasteiger partial charge on any atom is 0.123 e. The number of anilines is 1. The normalized spacial score (nSPS) is 10.3. The highest BCUT2D eigenvalue weighted by Crippen LogP contribution is 2.22. The van der Waals surface area contributed by atoms with Crippen molar-refractivity contribution in [3.05, 3.63) is 47.9 Å². The average Bonchev–Trinajstić information content (AvgIpc) is 2.28. The van der Waals surface area contributed by atoms with Gasteiger partial charge in [0.15, 0.2) is 0 Å². The zero-order valence-electron chi connectivity index (χ0n) is 9.05. The summed E-state index contributed by atoms with van der Waals surface area (Å²) in [6.07, 6.45) is 5.55. The fourth-order valence-electron chi connectivity index (χ4n) is 1.34. The van der Waals surface area contributed by atoms with Gasteiger partial charge in [0.25, 0.3) is 0 Å². The highest BCUT2D eigenvalue weighted by molar-refractivity contribution is 7.98. The second kappa shape index (κ2) is 4.99. The highest BCUT2D eigenvalue weighted by Gasteiger charge is 1.97. The molecule has 0 aliphatic heterocycles. The van der Waals surface area contributed by atoms with Crippen molar-refractivity contribution < 1.29 is 0 Å². The summed E-state index contributed by atoms with van der Waals surface area (Å²) in [5.41, 5.74) is 7.94. The van der Waals surface area contributed by atoms with E-state index in [0.717, 1.165) is 10.6 Å². The smallest absolute Gasteiger partial charge is 0.123 e. The Morgan fingerprint density at radius 2 is 2.12 bits per heavy atom. The van der Waals surface area contributed by atoms with Gasteiger partial charge in [0.2, 0.25) is 0 Å². The third kappa shape index (κ3) is 2.97. The lowest BCUT2D eigenvalue weighted by Crippen LogP contribution is -1.89. The van der Waals surface area contributed by atoms with Crippen LogP contribution in [0.3, 0.4) is 0 Å². The van der Waals surface area contributed by atoms with E-state index in [2.05, 4.69) is 16.0 Å². The van der Waals surface area contributed by atoms with E-state index in [1.165, 1.54) is 11.1 Å². The summed E-state index contributed by atoms with van der Waals surface area (Å²) in [5.74, 6) is 1.46. The molecule has 0 saturated carbocycles. The summed E-state index contributed by atoms with van der Waals surface area (Å²) in [6, 6.07) is 5.94. The minimum atomic E-state index is 0.557. The van der Waals surface area contributed by atoms with Crippen molar-refractivity contribution in [1.29, 1.82) is 0 Å². The van der Waals surface area contributed by atoms with Crippen molar-refractivity contribution in [1.82, 2.24) is 9.97 Å². The molecule has 0 unspecified atom stereocenters. The summed E-state index contributed by atoms with van der Waals surface area (Å²) in [7, 11) is 0. The number of nitrogens with zero attached hydrogens (tertiary/aromatic N) is 2. The van der Waals surface area contributed by atoms with Gasteiger partial charge in [-0.1, -0.05) is 6.07 Å². The van der Waals surface area contributed by atoms with Crippen molar-refractivity contribution in [3.8, 4) is 0 Å². The number of nitrogen functional groups attached to an aromatic ring is 1. The largest absolute Gasteiger partial charge is 0.384 e. The van der Waals surface area contributed by atoms with Gasteiger partial charge in [-0.2, -0.15) is 0 Å². The molecule has 2 heterocycles. The summed E-state index contributed by atoms with van der Waals surface area (Å²) in [4.78, 5) is 9.33. The number of nitrogens with two attached hydrogens (primary N) is 1. The fraction of sp³-hybridized carbons (Fsp3) is 0.167. The van der Waals surface area contributed by atoms with Crippen LogP contribution in [0.2, 0.25) is 0 Å². The van der Waals surface area contributed by atoms with Crippen LogP contribution in [0.5, 0.6) is 0 Å². The van der Waals surface area contributed by atoms with Gasteiger partial charge >= 0.3 is 0 Å². The van der Waals surface area contributed by atoms with E-state index in [1.54, 1.807) is 18.0 Å². The zero-order valence-corrected chi connectivity index (χ0v) is 9.87. The topological polar surface area (TPSA) is 51.8 Å². The first-order valence-corrected chi connectivity index (χ1v) is 5.97. The molecule has 0 aromatic carbocycles. The molecule has 16 heavy (non-hydrogen) atoms. The van der Waals surface area contributed by atoms with Crippen LogP contribution in [0.4, 0.5) is 5.82 Å². The van der Waals surface area contributed by atoms with E-state index in [0.29, 0.717) is 5.82 Å². The highest BCUT2D eigenvalue weighted by atomic mass is 32.2. The molecule has 2 rings (SSSR count). The van der Waals surface area contributed by atoms with E-state index >= 15 is 0 Å². The molecule has 0 amide bonds. The van der Waals surface area contributed by atoms with Crippen molar-refractivity contribution >= 4 is 17.6 Å². The third-order valence-electron chi connectivity index (χ3n) is 2.10. The van der Waals surface area contributed by atoms with Gasteiger partial charge in [0, 0.05) is 29.2 Å². The van der Waals surface area contributed by atoms with E-state index in [1.807, 2.05) is 31.5 Å². The first-order valence-electron chi connectivity index (χ1n) is 4.99. The average molecular weight is 231 g/mol. The predicted octanol–water partition coefficient (Wildman–Crippen LogP) is 2.66. The van der Waals surface area contributed by atoms with Crippen molar-refractivity contribution in [2.24, 2.45) is 0 Å². The number of hydrogen-bond donors (Lipinski definition) is 1. The summed E-state index contributed by atoms with van der Waals surface area (Å²) >= 11 is 1.73. The van der Waals surface area contributed by atoms with Crippen LogP contribution >= 0.6 is 11.8 Å². The number of pyridine rings is 2. The Balaban J connectivity index is 1.99. The Bertz CT molecular complexity index is 468. The molecule has 0 aliphatic carbocycles. The fourth-order valence-corrected chi connectivity index (χ4v) is 2.12. The van der Waals surface area contributed by atoms with Gasteiger partial charge in [-0.15, -0.1) is 11.8 Å². The van der Waals surface area contributed by atoms with Crippen LogP contribution in [0, 0.1) is 6.92 Å². The lowest BCUT2D eigenvalue weighted by Gasteiger charge is -2.02. The van der Waals surface area contributed by atoms with Crippen LogP contribution in [0.1, 0.15) is 11.1 Å². The van der Waals surface area contributed by atoms with Crippen LogP contribution < -0.4 is 5.73 Å². The maximum absolute atomic E-state index is 5.52. The molecular weight excluding hydrogens is 218 g/mol. The molecule has 2 aromatic heterocycles. The van der Waals surface area contributed by atoms with Crippen molar-refractivity contribution in [2.45, 2.75) is 17.6 Å². The molecule has 0 atom stereocenters. The second-order valence-electron chi connectivity index (χ2n) is 3.58. The van der Waals surface area contributed by atoms with E-state index in [-0.39, 0.29) is 0 Å². The van der Waals surface area contributed by atoms with Gasteiger partial charge in [-0.3, -0.25) is 4.98 Å². The number of hydrogen-bond acceptors (Lipinski definition) is 4. The monoisotopic (exact) mass is 231 g/mol. The lowest BCUT2D eigenvalue weighted by molar-refractivity contribution is 1.20. The lowest BCUT2D eigenvalue weighted by atomic mass is 10.2. The van der Waals surface area contributed by atoms with Crippen LogP contribution in [0.25, 0.3) is 0 Å². The Morgan fingerprint density at radius 3 is 2.81 bits per heavy atom. The second-order valence-corrected chi connectivity index (χ2v) is 4.63. The Kier molecular flexibility index (Phi) is 3.41. The van der Waals surface area contributed by atoms with Gasteiger partial charge in [0.05, 0.1) is 0 Å². The Hall–Kier alpha value is -1.55. The quantitative estimate of drug-likeness (QED) is 0.825. The predicted molar refractivity (Wildman–Crippen MR) is 67.2 cm³/mol. The van der Waals surface area contributed by atoms with Gasteiger partial charge < -0.3 is 5.73 Å². The van der Waals surface area contributed by atoms with Gasteiger partial charge in [-0.25, -0.2) is 4.98 Å². The minimum absolute atomic E-state index is 0.557. The van der Waals surface area contributed by atoms with Gasteiger partial charge in [0.1, 0.15) is 5.82 Å². The van der Waals surface area contributed by atoms with Crippen LogP contribution in [-0.2, 0) is 5.75 Å². The van der Waals surface area contributed by atoms with Crippen molar-refractivity contribution in [3.63, 3.8) is 0 Å². The molecule has 0 spiro atoms.